The number of benzene rings is 2. The number of anilines is 1. The quantitative estimate of drug-likeness (QED) is 0.312. The topological polar surface area (TPSA) is 96.3 Å². The summed E-state index contributed by atoms with van der Waals surface area (Å²) in [4.78, 5) is 52.9. The molecule has 2 fully saturated rings. The minimum atomic E-state index is -0.923. The second kappa shape index (κ2) is 7.81. The standard InChI is InChI=1S/C25H21N3O5/c1-14-5-9-17(10-6-14)27-24(31)20-19-4-3-13-26-28(19)22(21(20)25(27)32)23(30)16-7-11-18(12-8-16)33-15(2)29/h3-13,19-22H,1-2H3/t19-,20+,21+,22-/m0/s1. The van der Waals surface area contributed by atoms with Gasteiger partial charge in [-0.05, 0) is 49.4 Å². The van der Waals surface area contributed by atoms with Crippen LogP contribution in [0.15, 0.2) is 65.8 Å². The first-order chi connectivity index (χ1) is 15.9. The lowest BCUT2D eigenvalue weighted by atomic mass is 9.86. The van der Waals surface area contributed by atoms with E-state index in [2.05, 4.69) is 5.10 Å². The summed E-state index contributed by atoms with van der Waals surface area (Å²) in [5.74, 6) is -2.76. The molecule has 3 aliphatic heterocycles. The fraction of sp³-hybridized carbons (Fsp3) is 0.240. The number of esters is 1. The van der Waals surface area contributed by atoms with Crippen LogP contribution in [0.4, 0.5) is 5.69 Å². The summed E-state index contributed by atoms with van der Waals surface area (Å²) in [6.07, 6.45) is 5.09. The van der Waals surface area contributed by atoms with Crippen molar-refractivity contribution in [2.75, 3.05) is 4.90 Å². The summed E-state index contributed by atoms with van der Waals surface area (Å²) in [5.41, 5.74) is 1.85. The van der Waals surface area contributed by atoms with Crippen molar-refractivity contribution in [2.45, 2.75) is 25.9 Å². The Morgan fingerprint density at radius 3 is 2.27 bits per heavy atom. The smallest absolute Gasteiger partial charge is 0.308 e. The maximum atomic E-state index is 13.6. The van der Waals surface area contributed by atoms with Crippen molar-refractivity contribution in [1.82, 2.24) is 5.01 Å². The fourth-order valence-electron chi connectivity index (χ4n) is 4.81. The number of nitrogens with zero attached hydrogens (tertiary/aromatic N) is 3. The molecule has 0 aromatic heterocycles. The molecule has 166 valence electrons. The minimum Gasteiger partial charge on any atom is -0.427 e. The SMILES string of the molecule is CC(=O)Oc1ccc(C(=O)[C@@H]2[C@@H]3C(=O)N(c4ccc(C)cc4)C(=O)[C@@H]3[C@@H]3C=CC=NN23)cc1. The Labute approximate surface area is 190 Å². The number of amides is 2. The summed E-state index contributed by atoms with van der Waals surface area (Å²) >= 11 is 0. The van der Waals surface area contributed by atoms with E-state index in [1.54, 1.807) is 41.6 Å². The molecular weight excluding hydrogens is 422 g/mol. The van der Waals surface area contributed by atoms with E-state index in [0.29, 0.717) is 17.0 Å². The van der Waals surface area contributed by atoms with Gasteiger partial charge < -0.3 is 4.74 Å². The van der Waals surface area contributed by atoms with E-state index in [0.717, 1.165) is 5.56 Å². The first-order valence-corrected chi connectivity index (χ1v) is 10.6. The molecule has 0 spiro atoms. The van der Waals surface area contributed by atoms with Gasteiger partial charge >= 0.3 is 5.97 Å². The van der Waals surface area contributed by atoms with Crippen LogP contribution in [-0.4, -0.2) is 46.9 Å². The van der Waals surface area contributed by atoms with Gasteiger partial charge in [-0.3, -0.25) is 24.2 Å². The number of imide groups is 1. The Hall–Kier alpha value is -4.07. The van der Waals surface area contributed by atoms with Crippen LogP contribution in [0.25, 0.3) is 0 Å². The number of hydrogen-bond donors (Lipinski definition) is 0. The Bertz CT molecular complexity index is 1220. The van der Waals surface area contributed by atoms with Gasteiger partial charge in [0.05, 0.1) is 23.6 Å². The first kappa shape index (κ1) is 20.8. The highest BCUT2D eigenvalue weighted by Crippen LogP contribution is 2.46. The van der Waals surface area contributed by atoms with Gasteiger partial charge in [-0.25, -0.2) is 4.90 Å². The average Bonchev–Trinajstić information content (AvgIpc) is 3.27. The number of Topliss-reactive ketones (excluding diaryl/α,β-unsaturated/α-hetero) is 1. The van der Waals surface area contributed by atoms with Crippen molar-refractivity contribution >= 4 is 35.5 Å². The Kier molecular flexibility index (Phi) is 4.92. The fourth-order valence-corrected chi connectivity index (χ4v) is 4.81. The normalized spacial score (nSPS) is 25.3. The number of ether oxygens (including phenoxy) is 1. The van der Waals surface area contributed by atoms with Crippen LogP contribution in [-0.2, 0) is 14.4 Å². The number of carbonyl (C=O) groups is 4. The summed E-state index contributed by atoms with van der Waals surface area (Å²) in [6, 6.07) is 11.9. The van der Waals surface area contributed by atoms with Gasteiger partial charge in [-0.15, -0.1) is 0 Å². The van der Waals surface area contributed by atoms with E-state index in [9.17, 15) is 19.2 Å². The van der Waals surface area contributed by atoms with E-state index < -0.39 is 35.8 Å². The number of hydrogen-bond acceptors (Lipinski definition) is 7. The number of carbonyl (C=O) groups excluding carboxylic acids is 4. The molecule has 8 nitrogen and oxygen atoms in total. The maximum absolute atomic E-state index is 13.6. The summed E-state index contributed by atoms with van der Waals surface area (Å²) in [6.45, 7) is 3.22. The Morgan fingerprint density at radius 2 is 1.61 bits per heavy atom. The third-order valence-corrected chi connectivity index (χ3v) is 6.25. The van der Waals surface area contributed by atoms with Crippen molar-refractivity contribution in [3.63, 3.8) is 0 Å². The van der Waals surface area contributed by atoms with E-state index in [1.807, 2.05) is 25.1 Å². The monoisotopic (exact) mass is 443 g/mol. The highest BCUT2D eigenvalue weighted by molar-refractivity contribution is 6.24. The van der Waals surface area contributed by atoms with E-state index in [1.165, 1.54) is 24.0 Å². The number of hydrazone groups is 1. The number of rotatable bonds is 4. The summed E-state index contributed by atoms with van der Waals surface area (Å²) in [5, 5.41) is 5.91. The number of aryl methyl sites for hydroxylation is 1. The molecule has 5 rings (SSSR count). The summed E-state index contributed by atoms with van der Waals surface area (Å²) < 4.78 is 5.03. The van der Waals surface area contributed by atoms with Gasteiger partial charge in [0.1, 0.15) is 11.8 Å². The maximum Gasteiger partial charge on any atom is 0.308 e. The van der Waals surface area contributed by atoms with Crippen LogP contribution in [0.3, 0.4) is 0 Å². The minimum absolute atomic E-state index is 0.317. The summed E-state index contributed by atoms with van der Waals surface area (Å²) in [7, 11) is 0. The van der Waals surface area contributed by atoms with Crippen LogP contribution in [0.5, 0.6) is 5.75 Å². The molecule has 4 atom stereocenters. The van der Waals surface area contributed by atoms with Crippen molar-refractivity contribution in [2.24, 2.45) is 16.9 Å². The van der Waals surface area contributed by atoms with Crippen LogP contribution in [0.2, 0.25) is 0 Å². The Balaban J connectivity index is 1.51. The zero-order chi connectivity index (χ0) is 23.3. The lowest BCUT2D eigenvalue weighted by Gasteiger charge is -2.30. The zero-order valence-corrected chi connectivity index (χ0v) is 18.0. The van der Waals surface area contributed by atoms with Crippen LogP contribution < -0.4 is 9.64 Å². The van der Waals surface area contributed by atoms with Crippen molar-refractivity contribution in [3.8, 4) is 5.75 Å². The molecule has 0 saturated carbocycles. The molecule has 33 heavy (non-hydrogen) atoms. The first-order valence-electron chi connectivity index (χ1n) is 10.6. The predicted molar refractivity (Wildman–Crippen MR) is 120 cm³/mol. The van der Waals surface area contributed by atoms with Crippen molar-refractivity contribution < 1.29 is 23.9 Å². The molecule has 2 aromatic carbocycles. The van der Waals surface area contributed by atoms with E-state index in [4.69, 9.17) is 4.74 Å². The molecule has 0 radical (unpaired) electrons. The molecule has 2 aromatic rings. The molecule has 0 unspecified atom stereocenters. The molecule has 3 aliphatic rings. The van der Waals surface area contributed by atoms with Crippen molar-refractivity contribution in [3.05, 3.63) is 71.8 Å². The lowest BCUT2D eigenvalue weighted by molar-refractivity contribution is -0.132. The second-order valence-electron chi connectivity index (χ2n) is 8.35. The molecule has 3 heterocycles. The van der Waals surface area contributed by atoms with Crippen LogP contribution >= 0.6 is 0 Å². The van der Waals surface area contributed by atoms with E-state index in [-0.39, 0.29) is 11.7 Å². The van der Waals surface area contributed by atoms with Gasteiger partial charge in [0.15, 0.2) is 5.78 Å². The largest absolute Gasteiger partial charge is 0.427 e. The molecule has 2 amide bonds. The zero-order valence-electron chi connectivity index (χ0n) is 18.0. The number of ketones is 1. The molecule has 8 heteroatoms. The second-order valence-corrected chi connectivity index (χ2v) is 8.35. The van der Waals surface area contributed by atoms with Gasteiger partial charge in [0.25, 0.3) is 0 Å². The van der Waals surface area contributed by atoms with Crippen LogP contribution in [0.1, 0.15) is 22.8 Å². The third-order valence-electron chi connectivity index (χ3n) is 6.25. The number of fused-ring (bicyclic) bond motifs is 3. The van der Waals surface area contributed by atoms with Gasteiger partial charge in [0.2, 0.25) is 11.8 Å². The molecule has 0 aliphatic carbocycles. The van der Waals surface area contributed by atoms with Gasteiger partial charge in [0, 0.05) is 18.7 Å². The lowest BCUT2D eigenvalue weighted by Crippen LogP contribution is -2.46. The highest BCUT2D eigenvalue weighted by Gasteiger charge is 2.64. The molecule has 0 N–H and O–H groups in total. The third kappa shape index (κ3) is 3.34. The number of allylic oxidation sites excluding steroid dienone is 1. The van der Waals surface area contributed by atoms with Gasteiger partial charge in [-0.2, -0.15) is 5.10 Å². The molecular formula is C25H21N3O5. The molecule has 2 saturated heterocycles. The molecule has 0 bridgehead atoms. The van der Waals surface area contributed by atoms with Crippen molar-refractivity contribution in [1.29, 1.82) is 0 Å². The average molecular weight is 443 g/mol. The van der Waals surface area contributed by atoms with Crippen LogP contribution in [0, 0.1) is 18.8 Å². The Morgan fingerprint density at radius 1 is 0.939 bits per heavy atom. The highest BCUT2D eigenvalue weighted by atomic mass is 16.5. The van der Waals surface area contributed by atoms with E-state index >= 15 is 0 Å². The predicted octanol–water partition coefficient (Wildman–Crippen LogP) is 2.52. The van der Waals surface area contributed by atoms with Gasteiger partial charge in [-0.1, -0.05) is 23.8 Å².